The molecule has 0 radical (unpaired) electrons. The van der Waals surface area contributed by atoms with E-state index in [1.165, 1.54) is 0 Å². The number of nitrogens with one attached hydrogen (secondary N) is 1. The maximum atomic E-state index is 12.1. The van der Waals surface area contributed by atoms with E-state index in [9.17, 15) is 4.79 Å². The van der Waals surface area contributed by atoms with Crippen LogP contribution in [0.1, 0.15) is 19.8 Å². The molecule has 2 amide bonds. The van der Waals surface area contributed by atoms with Crippen LogP contribution in [0.25, 0.3) is 0 Å². The minimum Gasteiger partial charge on any atom is -0.393 e. The van der Waals surface area contributed by atoms with Crippen LogP contribution in [0.5, 0.6) is 0 Å². The number of benzene rings is 1. The zero-order chi connectivity index (χ0) is 13.9. The molecule has 0 unspecified atom stereocenters. The van der Waals surface area contributed by atoms with Crippen molar-refractivity contribution in [3.63, 3.8) is 0 Å². The molecule has 3 N–H and O–H groups in total. The topological polar surface area (TPSA) is 58.4 Å². The molecular formula is C14H19N3OS. The standard InChI is InChI=1S/C14H19N3OS/c1-14(12(15)19)7-9-17(10-8-14)13(18)16-11-5-3-2-4-6-11/h2-6H,7-10H2,1H3,(H2,15,19)(H,16,18). The lowest BCUT2D eigenvalue weighted by Gasteiger charge is -2.38. The van der Waals surface area contributed by atoms with E-state index in [-0.39, 0.29) is 11.4 Å². The number of anilines is 1. The predicted molar refractivity (Wildman–Crippen MR) is 81.2 cm³/mol. The zero-order valence-electron chi connectivity index (χ0n) is 11.1. The van der Waals surface area contributed by atoms with Crippen LogP contribution < -0.4 is 11.1 Å². The van der Waals surface area contributed by atoms with Crippen molar-refractivity contribution >= 4 is 28.9 Å². The van der Waals surface area contributed by atoms with Crippen molar-refractivity contribution in [2.45, 2.75) is 19.8 Å². The summed E-state index contributed by atoms with van der Waals surface area (Å²) >= 11 is 5.10. The van der Waals surface area contributed by atoms with E-state index in [2.05, 4.69) is 12.2 Å². The van der Waals surface area contributed by atoms with Crippen LogP contribution in [0.3, 0.4) is 0 Å². The van der Waals surface area contributed by atoms with Gasteiger partial charge in [-0.25, -0.2) is 4.79 Å². The lowest BCUT2D eigenvalue weighted by atomic mass is 9.80. The Balaban J connectivity index is 1.91. The van der Waals surface area contributed by atoms with E-state index >= 15 is 0 Å². The lowest BCUT2D eigenvalue weighted by Crippen LogP contribution is -2.47. The number of thiocarbonyl (C=S) groups is 1. The molecule has 1 aliphatic rings. The molecule has 1 aromatic carbocycles. The molecule has 0 aromatic heterocycles. The van der Waals surface area contributed by atoms with Crippen LogP contribution in [-0.2, 0) is 0 Å². The smallest absolute Gasteiger partial charge is 0.321 e. The van der Waals surface area contributed by atoms with Crippen molar-refractivity contribution in [1.29, 1.82) is 0 Å². The summed E-state index contributed by atoms with van der Waals surface area (Å²) in [6.45, 7) is 3.45. The first-order valence-corrected chi connectivity index (χ1v) is 6.83. The second-order valence-corrected chi connectivity index (χ2v) is 5.65. The largest absolute Gasteiger partial charge is 0.393 e. The molecule has 1 fully saturated rings. The molecule has 1 saturated heterocycles. The van der Waals surface area contributed by atoms with E-state index in [1.807, 2.05) is 35.2 Å². The predicted octanol–water partition coefficient (Wildman–Crippen LogP) is 2.61. The molecule has 2 rings (SSSR count). The van der Waals surface area contributed by atoms with Crippen molar-refractivity contribution in [1.82, 2.24) is 4.90 Å². The molecule has 0 aliphatic carbocycles. The maximum Gasteiger partial charge on any atom is 0.321 e. The number of hydrogen-bond acceptors (Lipinski definition) is 2. The molecule has 1 aromatic rings. The molecule has 1 heterocycles. The summed E-state index contributed by atoms with van der Waals surface area (Å²) in [7, 11) is 0. The normalized spacial score (nSPS) is 17.8. The highest BCUT2D eigenvalue weighted by Crippen LogP contribution is 2.31. The van der Waals surface area contributed by atoms with Gasteiger partial charge in [0.25, 0.3) is 0 Å². The molecule has 102 valence electrons. The Morgan fingerprint density at radius 3 is 2.42 bits per heavy atom. The lowest BCUT2D eigenvalue weighted by molar-refractivity contribution is 0.171. The number of carbonyl (C=O) groups excluding carboxylic acids is 1. The first-order valence-electron chi connectivity index (χ1n) is 6.42. The molecular weight excluding hydrogens is 258 g/mol. The number of hydrogen-bond donors (Lipinski definition) is 2. The fourth-order valence-corrected chi connectivity index (χ4v) is 2.38. The van der Waals surface area contributed by atoms with Gasteiger partial charge in [-0.15, -0.1) is 0 Å². The fraction of sp³-hybridized carbons (Fsp3) is 0.429. The minimum atomic E-state index is -0.112. The Labute approximate surface area is 119 Å². The molecule has 19 heavy (non-hydrogen) atoms. The van der Waals surface area contributed by atoms with Crippen LogP contribution in [0, 0.1) is 5.41 Å². The van der Waals surface area contributed by atoms with Gasteiger partial charge in [0, 0.05) is 24.2 Å². The van der Waals surface area contributed by atoms with E-state index in [1.54, 1.807) is 0 Å². The molecule has 0 atom stereocenters. The third-order valence-electron chi connectivity index (χ3n) is 3.77. The summed E-state index contributed by atoms with van der Waals surface area (Å²) in [4.78, 5) is 14.5. The Bertz CT molecular complexity index is 467. The number of nitrogens with zero attached hydrogens (tertiary/aromatic N) is 1. The van der Waals surface area contributed by atoms with Gasteiger partial charge in [-0.1, -0.05) is 37.3 Å². The monoisotopic (exact) mass is 277 g/mol. The Morgan fingerprint density at radius 2 is 1.89 bits per heavy atom. The number of nitrogens with two attached hydrogens (primary N) is 1. The van der Waals surface area contributed by atoms with E-state index in [0.29, 0.717) is 18.1 Å². The number of para-hydroxylation sites is 1. The quantitative estimate of drug-likeness (QED) is 0.817. The first kappa shape index (κ1) is 13.8. The Hall–Kier alpha value is -1.62. The molecule has 0 saturated carbocycles. The highest BCUT2D eigenvalue weighted by molar-refractivity contribution is 7.80. The van der Waals surface area contributed by atoms with E-state index < -0.39 is 0 Å². The van der Waals surface area contributed by atoms with Crippen molar-refractivity contribution in [3.05, 3.63) is 30.3 Å². The summed E-state index contributed by atoms with van der Waals surface area (Å²) in [5.41, 5.74) is 6.46. The minimum absolute atomic E-state index is 0.0591. The number of carbonyl (C=O) groups is 1. The van der Waals surface area contributed by atoms with Gasteiger partial charge >= 0.3 is 6.03 Å². The second kappa shape index (κ2) is 5.57. The Kier molecular flexibility index (Phi) is 4.04. The number of rotatable bonds is 2. The van der Waals surface area contributed by atoms with Gasteiger partial charge < -0.3 is 16.0 Å². The molecule has 0 bridgehead atoms. The van der Waals surface area contributed by atoms with Crippen LogP contribution in [0.4, 0.5) is 10.5 Å². The number of piperidine rings is 1. The average Bonchev–Trinajstić information content (AvgIpc) is 2.40. The van der Waals surface area contributed by atoms with Crippen LogP contribution >= 0.6 is 12.2 Å². The van der Waals surface area contributed by atoms with Gasteiger partial charge in [0.15, 0.2) is 0 Å². The molecule has 5 heteroatoms. The average molecular weight is 277 g/mol. The van der Waals surface area contributed by atoms with Crippen molar-refractivity contribution in [3.8, 4) is 0 Å². The van der Waals surface area contributed by atoms with Crippen molar-refractivity contribution in [2.24, 2.45) is 11.1 Å². The third kappa shape index (κ3) is 3.23. The van der Waals surface area contributed by atoms with Crippen molar-refractivity contribution < 1.29 is 4.79 Å². The summed E-state index contributed by atoms with van der Waals surface area (Å²) in [6.07, 6.45) is 1.65. The maximum absolute atomic E-state index is 12.1. The van der Waals surface area contributed by atoms with Gasteiger partial charge in [0.1, 0.15) is 0 Å². The summed E-state index contributed by atoms with van der Waals surface area (Å²) in [5.74, 6) is 0. The number of likely N-dealkylation sites (tertiary alicyclic amines) is 1. The second-order valence-electron chi connectivity index (χ2n) is 5.21. The zero-order valence-corrected chi connectivity index (χ0v) is 11.9. The van der Waals surface area contributed by atoms with Crippen LogP contribution in [0.2, 0.25) is 0 Å². The van der Waals surface area contributed by atoms with E-state index in [0.717, 1.165) is 18.5 Å². The summed E-state index contributed by atoms with van der Waals surface area (Å²) in [5, 5.41) is 2.89. The summed E-state index contributed by atoms with van der Waals surface area (Å²) in [6, 6.07) is 9.41. The highest BCUT2D eigenvalue weighted by Gasteiger charge is 2.34. The number of amides is 2. The first-order chi connectivity index (χ1) is 9.01. The summed E-state index contributed by atoms with van der Waals surface area (Å²) < 4.78 is 0. The molecule has 1 aliphatic heterocycles. The van der Waals surface area contributed by atoms with Crippen LogP contribution in [-0.4, -0.2) is 29.0 Å². The SMILES string of the molecule is CC1(C(N)=S)CCN(C(=O)Nc2ccccc2)CC1. The van der Waals surface area contributed by atoms with Crippen molar-refractivity contribution in [2.75, 3.05) is 18.4 Å². The molecule has 4 nitrogen and oxygen atoms in total. The fourth-order valence-electron chi connectivity index (χ4n) is 2.17. The highest BCUT2D eigenvalue weighted by atomic mass is 32.1. The van der Waals surface area contributed by atoms with Gasteiger partial charge in [-0.05, 0) is 25.0 Å². The number of urea groups is 1. The van der Waals surface area contributed by atoms with E-state index in [4.69, 9.17) is 18.0 Å². The van der Waals surface area contributed by atoms with Gasteiger partial charge in [-0.3, -0.25) is 0 Å². The van der Waals surface area contributed by atoms with Gasteiger partial charge in [0.2, 0.25) is 0 Å². The Morgan fingerprint density at radius 1 is 1.32 bits per heavy atom. The molecule has 0 spiro atoms. The van der Waals surface area contributed by atoms with Gasteiger partial charge in [0.05, 0.1) is 4.99 Å². The van der Waals surface area contributed by atoms with Gasteiger partial charge in [-0.2, -0.15) is 0 Å². The third-order valence-corrected chi connectivity index (χ3v) is 4.27. The van der Waals surface area contributed by atoms with Crippen LogP contribution in [0.15, 0.2) is 30.3 Å².